The Kier molecular flexibility index (Phi) is 26.2. The molecule has 0 bridgehead atoms. The molecule has 1 aromatic carbocycles. The van der Waals surface area contributed by atoms with Crippen molar-refractivity contribution in [3.63, 3.8) is 0 Å². The number of hydrogen-bond acceptors (Lipinski definition) is 6. The molecule has 1 atom stereocenters. The van der Waals surface area contributed by atoms with Crippen LogP contribution in [-0.2, 0) is 11.3 Å². The summed E-state index contributed by atoms with van der Waals surface area (Å²) in [6.07, 6.45) is 5.69. The summed E-state index contributed by atoms with van der Waals surface area (Å²) in [5.41, 5.74) is 8.27. The van der Waals surface area contributed by atoms with E-state index in [4.69, 9.17) is 15.9 Å². The number of carbonyl (C=O) groups excluding carboxylic acids is 2. The zero-order valence-corrected chi connectivity index (χ0v) is 32.1. The van der Waals surface area contributed by atoms with Crippen LogP contribution < -0.4 is 10.6 Å². The van der Waals surface area contributed by atoms with Crippen LogP contribution in [0.1, 0.15) is 100 Å². The number of allylic oxidation sites excluding steroid dienone is 4. The summed E-state index contributed by atoms with van der Waals surface area (Å²) in [7, 11) is 0. The van der Waals surface area contributed by atoms with E-state index in [9.17, 15) is 9.59 Å². The van der Waals surface area contributed by atoms with Gasteiger partial charge in [0.1, 0.15) is 5.84 Å². The normalized spacial score (nSPS) is 13.2. The predicted octanol–water partition coefficient (Wildman–Crippen LogP) is 9.23. The van der Waals surface area contributed by atoms with Crippen LogP contribution in [-0.4, -0.2) is 65.6 Å². The molecule has 268 valence electrons. The molecule has 0 aliphatic carbocycles. The highest BCUT2D eigenvalue weighted by Crippen LogP contribution is 2.25. The molecule has 1 aromatic rings. The number of urea groups is 1. The van der Waals surface area contributed by atoms with Crippen molar-refractivity contribution < 1.29 is 14.3 Å². The number of amidine groups is 1. The molecule has 2 rings (SSSR count). The number of hydrazine groups is 1. The molecule has 1 heterocycles. The second-order valence-electron chi connectivity index (χ2n) is 11.4. The average Bonchev–Trinajstić information content (AvgIpc) is 3.07. The minimum absolute atomic E-state index is 0.0112. The summed E-state index contributed by atoms with van der Waals surface area (Å²) in [6.45, 7) is 32.4. The van der Waals surface area contributed by atoms with Gasteiger partial charge in [0.25, 0.3) is 0 Å². The molecule has 0 radical (unpaired) electrons. The lowest BCUT2D eigenvalue weighted by Crippen LogP contribution is -2.55. The number of piperazine rings is 1. The number of amides is 3. The van der Waals surface area contributed by atoms with Crippen LogP contribution in [0.3, 0.4) is 0 Å². The van der Waals surface area contributed by atoms with Gasteiger partial charge < -0.3 is 20.3 Å². The molecule has 10 heteroatoms. The van der Waals surface area contributed by atoms with Crippen LogP contribution in [0.2, 0.25) is 0 Å². The zero-order chi connectivity index (χ0) is 36.5. The van der Waals surface area contributed by atoms with Gasteiger partial charge in [0, 0.05) is 31.7 Å². The average molecular weight is 675 g/mol. The standard InChI is InChI=1S/C26H42N6O3S.C7H12.2C2H6/c1-6-20(5)16-23(15-19(3)4)36-29-32(18-21-9-8-10-22(17-21)24(27)28)25(33)30-11-13-31(14-12-30)26(34)35-7-2;1-5-7(4)6(2)3;2*1-2/h8-10,16-17,19-20,29H,6-7,11-15,18H2,1-5H3,(H3,27,28);5-6H,1,4H2,2-3H3;2*1-2H3/b23-16-;;;. The van der Waals surface area contributed by atoms with Crippen molar-refractivity contribution in [3.8, 4) is 0 Å². The lowest BCUT2D eigenvalue weighted by molar-refractivity contribution is 0.0765. The maximum absolute atomic E-state index is 13.6. The van der Waals surface area contributed by atoms with E-state index in [1.807, 2.05) is 45.9 Å². The Bertz CT molecular complexity index is 1100. The van der Waals surface area contributed by atoms with Crippen molar-refractivity contribution in [2.75, 3.05) is 32.8 Å². The van der Waals surface area contributed by atoms with Crippen molar-refractivity contribution >= 4 is 29.9 Å². The van der Waals surface area contributed by atoms with Crippen molar-refractivity contribution in [3.05, 3.63) is 71.2 Å². The monoisotopic (exact) mass is 674 g/mol. The topological polar surface area (TPSA) is 115 Å². The van der Waals surface area contributed by atoms with Crippen LogP contribution in [0, 0.1) is 23.2 Å². The molecule has 9 nitrogen and oxygen atoms in total. The minimum Gasteiger partial charge on any atom is -0.450 e. The Hall–Kier alpha value is -3.24. The van der Waals surface area contributed by atoms with E-state index in [2.05, 4.69) is 65.6 Å². The van der Waals surface area contributed by atoms with Gasteiger partial charge in [-0.3, -0.25) is 5.41 Å². The first-order chi connectivity index (χ1) is 22.3. The number of rotatable bonds is 13. The van der Waals surface area contributed by atoms with Crippen molar-refractivity contribution in [2.24, 2.45) is 23.5 Å². The Labute approximate surface area is 291 Å². The molecular formula is C37H66N6O3S. The van der Waals surface area contributed by atoms with Gasteiger partial charge in [0.05, 0.1) is 13.2 Å². The highest BCUT2D eigenvalue weighted by molar-refractivity contribution is 8.01. The van der Waals surface area contributed by atoms with Crippen LogP contribution in [0.5, 0.6) is 0 Å². The molecule has 3 amide bonds. The first-order valence-corrected chi connectivity index (χ1v) is 18.0. The molecular weight excluding hydrogens is 609 g/mol. The summed E-state index contributed by atoms with van der Waals surface area (Å²) < 4.78 is 5.10. The second-order valence-corrected chi connectivity index (χ2v) is 12.3. The summed E-state index contributed by atoms with van der Waals surface area (Å²) in [6, 6.07) is 7.21. The van der Waals surface area contributed by atoms with Gasteiger partial charge in [-0.2, -0.15) is 4.83 Å². The fourth-order valence-electron chi connectivity index (χ4n) is 3.96. The van der Waals surface area contributed by atoms with Gasteiger partial charge in [-0.1, -0.05) is 125 Å². The van der Waals surface area contributed by atoms with Crippen LogP contribution >= 0.6 is 11.9 Å². The summed E-state index contributed by atoms with van der Waals surface area (Å²) in [4.78, 5) is 33.5. The zero-order valence-electron chi connectivity index (χ0n) is 31.3. The fourth-order valence-corrected chi connectivity index (χ4v) is 5.04. The third-order valence-electron chi connectivity index (χ3n) is 6.90. The number of nitrogen functional groups attached to an aromatic ring is 1. The van der Waals surface area contributed by atoms with Gasteiger partial charge in [0.2, 0.25) is 0 Å². The van der Waals surface area contributed by atoms with Crippen molar-refractivity contribution in [1.29, 1.82) is 5.41 Å². The van der Waals surface area contributed by atoms with Crippen molar-refractivity contribution in [2.45, 2.75) is 95.5 Å². The first kappa shape index (κ1) is 45.9. The number of nitrogens with one attached hydrogen (secondary N) is 2. The Morgan fingerprint density at radius 3 is 2.09 bits per heavy atom. The molecule has 1 aliphatic rings. The largest absolute Gasteiger partial charge is 0.450 e. The molecule has 0 saturated carbocycles. The third kappa shape index (κ3) is 19.2. The van der Waals surface area contributed by atoms with Gasteiger partial charge in [-0.25, -0.2) is 14.6 Å². The Morgan fingerprint density at radius 2 is 1.64 bits per heavy atom. The maximum atomic E-state index is 13.6. The molecule has 4 N–H and O–H groups in total. The van der Waals surface area contributed by atoms with E-state index in [0.717, 1.165) is 24.0 Å². The summed E-state index contributed by atoms with van der Waals surface area (Å²) in [5.74, 6) is 1.47. The van der Waals surface area contributed by atoms with E-state index in [0.29, 0.717) is 62.6 Å². The third-order valence-corrected chi connectivity index (χ3v) is 7.78. The molecule has 1 fully saturated rings. The number of nitrogens with two attached hydrogens (primary N) is 1. The van der Waals surface area contributed by atoms with Gasteiger partial charge >= 0.3 is 12.1 Å². The first-order valence-electron chi connectivity index (χ1n) is 17.2. The van der Waals surface area contributed by atoms with Gasteiger partial charge in [0.15, 0.2) is 0 Å². The van der Waals surface area contributed by atoms with Gasteiger partial charge in [-0.15, -0.1) is 0 Å². The molecule has 0 spiro atoms. The number of nitrogens with zero attached hydrogens (tertiary/aromatic N) is 3. The lowest BCUT2D eigenvalue weighted by atomic mass is 10.1. The van der Waals surface area contributed by atoms with Crippen LogP contribution in [0.4, 0.5) is 9.59 Å². The lowest BCUT2D eigenvalue weighted by Gasteiger charge is -2.37. The smallest absolute Gasteiger partial charge is 0.409 e. The van der Waals surface area contributed by atoms with E-state index < -0.39 is 0 Å². The number of carbonyl (C=O) groups is 2. The van der Waals surface area contributed by atoms with Crippen LogP contribution in [0.15, 0.2) is 60.1 Å². The van der Waals surface area contributed by atoms with Gasteiger partial charge in [-0.05, 0) is 59.6 Å². The highest BCUT2D eigenvalue weighted by Gasteiger charge is 2.28. The summed E-state index contributed by atoms with van der Waals surface area (Å²) in [5, 5.41) is 9.35. The molecule has 1 aliphatic heterocycles. The van der Waals surface area contributed by atoms with Crippen molar-refractivity contribution in [1.82, 2.24) is 19.6 Å². The van der Waals surface area contributed by atoms with E-state index in [-0.39, 0.29) is 18.0 Å². The minimum atomic E-state index is -0.343. The molecule has 47 heavy (non-hydrogen) atoms. The quantitative estimate of drug-likeness (QED) is 0.0632. The molecule has 1 saturated heterocycles. The summed E-state index contributed by atoms with van der Waals surface area (Å²) >= 11 is 1.47. The number of benzene rings is 1. The van der Waals surface area contributed by atoms with E-state index >= 15 is 0 Å². The van der Waals surface area contributed by atoms with E-state index in [1.165, 1.54) is 16.9 Å². The SMILES string of the molecule is C=CC(=C)C(C)C.CC.CC.CCOC(=O)N1CCN(C(=O)N(Cc2cccc(C(=N)N)c2)NS/C(=C\C(C)CC)CC(C)C)CC1. The maximum Gasteiger partial charge on any atom is 0.409 e. The Balaban J connectivity index is 0. The fraction of sp³-hybridized carbons (Fsp3) is 0.595. The Morgan fingerprint density at radius 1 is 1.06 bits per heavy atom. The van der Waals surface area contributed by atoms with Crippen LogP contribution in [0.25, 0.3) is 0 Å². The number of hydrogen-bond donors (Lipinski definition) is 3. The second kappa shape index (κ2) is 26.8. The molecule has 1 unspecified atom stereocenters. The highest BCUT2D eigenvalue weighted by atomic mass is 32.2. The van der Waals surface area contributed by atoms with E-state index in [1.54, 1.807) is 33.9 Å². The number of ether oxygens (including phenoxy) is 1. The molecule has 0 aromatic heterocycles. The predicted molar refractivity (Wildman–Crippen MR) is 203 cm³/mol.